The molecule has 1 amide bonds. The lowest BCUT2D eigenvalue weighted by atomic mass is 10.2. The van der Waals surface area contributed by atoms with E-state index in [1.165, 1.54) is 25.3 Å². The van der Waals surface area contributed by atoms with Gasteiger partial charge < -0.3 is 14.2 Å². The number of rotatable bonds is 6. The molecule has 1 aliphatic rings. The van der Waals surface area contributed by atoms with E-state index in [1.54, 1.807) is 10.7 Å². The zero-order chi connectivity index (χ0) is 19.5. The number of para-hydroxylation sites is 1. The Labute approximate surface area is 161 Å². The first kappa shape index (κ1) is 17.8. The average Bonchev–Trinajstić information content (AvgIpc) is 3.17. The maximum Gasteiger partial charge on any atom is 0.278 e. The topological polar surface area (TPSA) is 91.6 Å². The molecular formula is C19H19N5O4. The van der Waals surface area contributed by atoms with Crippen LogP contribution in [0.5, 0.6) is 17.4 Å². The molecule has 0 N–H and O–H groups in total. The highest BCUT2D eigenvalue weighted by atomic mass is 16.5. The Kier molecular flexibility index (Phi) is 4.79. The van der Waals surface area contributed by atoms with Crippen molar-refractivity contribution in [3.8, 4) is 17.4 Å². The smallest absolute Gasteiger partial charge is 0.278 e. The Morgan fingerprint density at radius 3 is 2.68 bits per heavy atom. The van der Waals surface area contributed by atoms with Gasteiger partial charge in [0.2, 0.25) is 5.95 Å². The molecule has 4 rings (SSSR count). The molecule has 2 aromatic heterocycles. The molecule has 144 valence electrons. The Hall–Kier alpha value is -3.62. The van der Waals surface area contributed by atoms with Crippen molar-refractivity contribution in [2.45, 2.75) is 13.2 Å². The molecule has 0 radical (unpaired) electrons. The molecule has 1 aliphatic heterocycles. The van der Waals surface area contributed by atoms with Gasteiger partial charge in [-0.2, -0.15) is 10.1 Å². The third-order valence-electron chi connectivity index (χ3n) is 4.32. The number of ether oxygens (including phenoxy) is 3. The van der Waals surface area contributed by atoms with Gasteiger partial charge in [0.15, 0.2) is 5.75 Å². The van der Waals surface area contributed by atoms with E-state index in [4.69, 9.17) is 14.2 Å². The fraction of sp³-hybridized carbons (Fsp3) is 0.263. The van der Waals surface area contributed by atoms with Gasteiger partial charge >= 0.3 is 0 Å². The van der Waals surface area contributed by atoms with Crippen LogP contribution < -0.4 is 19.1 Å². The van der Waals surface area contributed by atoms with Crippen LogP contribution in [0.2, 0.25) is 0 Å². The lowest BCUT2D eigenvalue weighted by molar-refractivity contribution is 0.0960. The summed E-state index contributed by atoms with van der Waals surface area (Å²) in [6.07, 6.45) is 1.49. The molecule has 3 heterocycles. The summed E-state index contributed by atoms with van der Waals surface area (Å²) in [7, 11) is 2.99. The van der Waals surface area contributed by atoms with E-state index in [-0.39, 0.29) is 24.3 Å². The Bertz CT molecular complexity index is 989. The predicted octanol–water partition coefficient (Wildman–Crippen LogP) is 1.93. The number of amides is 1. The predicted molar refractivity (Wildman–Crippen MR) is 99.8 cm³/mol. The molecule has 28 heavy (non-hydrogen) atoms. The van der Waals surface area contributed by atoms with E-state index in [0.29, 0.717) is 30.2 Å². The lowest BCUT2D eigenvalue weighted by Gasteiger charge is -2.25. The maximum absolute atomic E-state index is 12.9. The molecule has 9 nitrogen and oxygen atoms in total. The largest absolute Gasteiger partial charge is 0.490 e. The summed E-state index contributed by atoms with van der Waals surface area (Å²) in [4.78, 5) is 22.9. The molecule has 0 atom stereocenters. The number of nitrogens with zero attached hydrogens (tertiary/aromatic N) is 5. The maximum atomic E-state index is 12.9. The number of fused-ring (bicyclic) bond motifs is 1. The van der Waals surface area contributed by atoms with Crippen LogP contribution in [0.15, 0.2) is 42.6 Å². The number of hydrogen-bond donors (Lipinski definition) is 0. The second kappa shape index (κ2) is 7.55. The van der Waals surface area contributed by atoms with E-state index in [0.717, 1.165) is 5.75 Å². The molecule has 3 aromatic rings. The summed E-state index contributed by atoms with van der Waals surface area (Å²) in [5.41, 5.74) is 1.15. The minimum Gasteiger partial charge on any atom is -0.490 e. The monoisotopic (exact) mass is 381 g/mol. The van der Waals surface area contributed by atoms with Crippen LogP contribution in [-0.4, -0.2) is 46.4 Å². The number of benzene rings is 1. The van der Waals surface area contributed by atoms with Gasteiger partial charge in [0.25, 0.3) is 11.8 Å². The first-order valence-electron chi connectivity index (χ1n) is 8.71. The molecule has 0 spiro atoms. The summed E-state index contributed by atoms with van der Waals surface area (Å²) in [6, 6.07) is 11.2. The lowest BCUT2D eigenvalue weighted by Crippen LogP contribution is -2.41. The normalized spacial score (nSPS) is 13.2. The fourth-order valence-corrected chi connectivity index (χ4v) is 2.95. The first-order valence-corrected chi connectivity index (χ1v) is 8.71. The quantitative estimate of drug-likeness (QED) is 0.644. The second-order valence-electron chi connectivity index (χ2n) is 6.05. The minimum atomic E-state index is -0.225. The Morgan fingerprint density at radius 2 is 1.93 bits per heavy atom. The van der Waals surface area contributed by atoms with Crippen molar-refractivity contribution in [3.63, 3.8) is 0 Å². The van der Waals surface area contributed by atoms with Crippen LogP contribution in [0.1, 0.15) is 16.2 Å². The third kappa shape index (κ3) is 3.34. The highest BCUT2D eigenvalue weighted by Gasteiger charge is 2.30. The molecule has 9 heteroatoms. The summed E-state index contributed by atoms with van der Waals surface area (Å²) in [6.45, 7) is 1.22. The van der Waals surface area contributed by atoms with Gasteiger partial charge in [-0.05, 0) is 18.2 Å². The van der Waals surface area contributed by atoms with Crippen molar-refractivity contribution >= 4 is 11.9 Å². The molecular weight excluding hydrogens is 362 g/mol. The van der Waals surface area contributed by atoms with Crippen molar-refractivity contribution in [1.29, 1.82) is 0 Å². The molecule has 1 aromatic carbocycles. The molecule has 0 fully saturated rings. The van der Waals surface area contributed by atoms with Crippen molar-refractivity contribution in [3.05, 3.63) is 54.0 Å². The highest BCUT2D eigenvalue weighted by molar-refractivity contribution is 6.04. The van der Waals surface area contributed by atoms with Gasteiger partial charge in [-0.25, -0.2) is 4.98 Å². The van der Waals surface area contributed by atoms with E-state index in [1.807, 2.05) is 30.3 Å². The van der Waals surface area contributed by atoms with Crippen molar-refractivity contribution < 1.29 is 19.0 Å². The Balaban J connectivity index is 1.53. The first-order chi connectivity index (χ1) is 13.7. The zero-order valence-corrected chi connectivity index (χ0v) is 15.5. The average molecular weight is 381 g/mol. The van der Waals surface area contributed by atoms with E-state index >= 15 is 0 Å². The van der Waals surface area contributed by atoms with Gasteiger partial charge in [0.1, 0.15) is 23.7 Å². The fourth-order valence-electron chi connectivity index (χ4n) is 2.95. The van der Waals surface area contributed by atoms with Gasteiger partial charge in [0.05, 0.1) is 27.0 Å². The SMILES string of the molecule is COc1cnc(N2CCn3nc(COc4ccccc4)cc3C2=O)nc1OC. The standard InChI is InChI=1S/C19H19N5O4/c1-26-16-11-20-19(21-17(16)27-2)23-8-9-24-15(18(23)25)10-13(22-24)12-28-14-6-4-3-5-7-14/h3-7,10-11H,8-9,12H2,1-2H3. The van der Waals surface area contributed by atoms with E-state index in [2.05, 4.69) is 15.1 Å². The van der Waals surface area contributed by atoms with Gasteiger partial charge in [-0.15, -0.1) is 0 Å². The van der Waals surface area contributed by atoms with Crippen LogP contribution in [0.25, 0.3) is 0 Å². The summed E-state index contributed by atoms with van der Waals surface area (Å²) < 4.78 is 17.7. The number of carbonyl (C=O) groups excluding carboxylic acids is 1. The molecule has 0 saturated heterocycles. The summed E-state index contributed by atoms with van der Waals surface area (Å²) in [5, 5.41) is 4.46. The number of aromatic nitrogens is 4. The zero-order valence-electron chi connectivity index (χ0n) is 15.5. The van der Waals surface area contributed by atoms with Gasteiger partial charge in [-0.1, -0.05) is 18.2 Å². The van der Waals surface area contributed by atoms with Crippen LogP contribution in [-0.2, 0) is 13.2 Å². The van der Waals surface area contributed by atoms with Crippen molar-refractivity contribution in [1.82, 2.24) is 19.7 Å². The van der Waals surface area contributed by atoms with Crippen LogP contribution in [0.4, 0.5) is 5.95 Å². The molecule has 0 bridgehead atoms. The van der Waals surface area contributed by atoms with E-state index in [9.17, 15) is 4.79 Å². The second-order valence-corrected chi connectivity index (χ2v) is 6.05. The van der Waals surface area contributed by atoms with Crippen molar-refractivity contribution in [2.24, 2.45) is 0 Å². The highest BCUT2D eigenvalue weighted by Crippen LogP contribution is 2.27. The molecule has 0 aliphatic carbocycles. The molecule has 0 saturated carbocycles. The number of methoxy groups -OCH3 is 2. The van der Waals surface area contributed by atoms with Gasteiger partial charge in [0, 0.05) is 6.54 Å². The van der Waals surface area contributed by atoms with E-state index < -0.39 is 0 Å². The third-order valence-corrected chi connectivity index (χ3v) is 4.32. The number of anilines is 1. The molecule has 0 unspecified atom stereocenters. The van der Waals surface area contributed by atoms with Crippen LogP contribution >= 0.6 is 0 Å². The van der Waals surface area contributed by atoms with Gasteiger partial charge in [-0.3, -0.25) is 14.4 Å². The summed E-state index contributed by atoms with van der Waals surface area (Å²) >= 11 is 0. The van der Waals surface area contributed by atoms with Crippen LogP contribution in [0.3, 0.4) is 0 Å². The summed E-state index contributed by atoms with van der Waals surface area (Å²) in [5.74, 6) is 1.46. The number of hydrogen-bond acceptors (Lipinski definition) is 7. The minimum absolute atomic E-state index is 0.225. The Morgan fingerprint density at radius 1 is 1.11 bits per heavy atom. The van der Waals surface area contributed by atoms with Crippen molar-refractivity contribution in [2.75, 3.05) is 25.7 Å². The van der Waals surface area contributed by atoms with Crippen LogP contribution in [0, 0.1) is 0 Å². The number of carbonyl (C=O) groups is 1.